The second kappa shape index (κ2) is 18.8. The molecule has 0 bridgehead atoms. The molecule has 0 heterocycles. The first-order valence-electron chi connectivity index (χ1n) is 11.2. The van der Waals surface area contributed by atoms with Gasteiger partial charge in [0.2, 0.25) is 0 Å². The van der Waals surface area contributed by atoms with Gasteiger partial charge in [-0.2, -0.15) is 0 Å². The topological polar surface area (TPSA) is 33.6 Å². The normalized spacial score (nSPS) is 12.5. The van der Waals surface area contributed by atoms with Crippen LogP contribution in [0.2, 0.25) is 0 Å². The maximum atomic E-state index is 5.80. The van der Waals surface area contributed by atoms with Gasteiger partial charge in [-0.05, 0) is 59.8 Å². The van der Waals surface area contributed by atoms with Crippen LogP contribution in [-0.2, 0) is 4.74 Å². The van der Waals surface area contributed by atoms with Crippen molar-refractivity contribution < 1.29 is 4.74 Å². The van der Waals surface area contributed by atoms with E-state index in [1.54, 1.807) is 0 Å². The molecule has 0 fully saturated rings. The zero-order valence-corrected chi connectivity index (χ0v) is 18.4. The first-order valence-corrected chi connectivity index (χ1v) is 11.2. The van der Waals surface area contributed by atoms with Crippen LogP contribution in [0, 0.1) is 0 Å². The fourth-order valence-electron chi connectivity index (χ4n) is 2.76. The third kappa shape index (κ3) is 19.3. The van der Waals surface area contributed by atoms with Crippen molar-refractivity contribution in [2.45, 2.75) is 124 Å². The number of nitrogens with one attached hydrogen (secondary N) is 1. The molecule has 0 rings (SSSR count). The Bertz CT molecular complexity index is 348. The zero-order valence-electron chi connectivity index (χ0n) is 18.4. The molecule has 0 aromatic rings. The van der Waals surface area contributed by atoms with E-state index in [-0.39, 0.29) is 6.04 Å². The van der Waals surface area contributed by atoms with Gasteiger partial charge in [-0.1, -0.05) is 64.0 Å². The van der Waals surface area contributed by atoms with Gasteiger partial charge < -0.3 is 10.1 Å². The van der Waals surface area contributed by atoms with E-state index >= 15 is 0 Å². The minimum Gasteiger partial charge on any atom is -0.465 e. The highest BCUT2D eigenvalue weighted by atomic mass is 16.5. The number of hydrogen-bond acceptors (Lipinski definition) is 2. The summed E-state index contributed by atoms with van der Waals surface area (Å²) in [7, 11) is 0. The molecule has 0 aliphatic rings. The van der Waals surface area contributed by atoms with E-state index in [2.05, 4.69) is 57.1 Å². The molecule has 0 saturated carbocycles. The molecule has 0 aliphatic carbocycles. The number of hydrogen-bond donors (Lipinski definition) is 1. The fraction of sp³-hybridized carbons (Fsp3) is 0.870. The lowest BCUT2D eigenvalue weighted by atomic mass is 10.1. The van der Waals surface area contributed by atoms with Crippen molar-refractivity contribution in [3.05, 3.63) is 12.2 Å². The molecule has 0 amide bonds. The molecule has 0 aromatic carbocycles. The third-order valence-corrected chi connectivity index (χ3v) is 4.18. The maximum Gasteiger partial charge on any atom is 0.285 e. The number of aliphatic imine (C=N–C) groups is 1. The Balaban J connectivity index is 3.46. The van der Waals surface area contributed by atoms with Gasteiger partial charge in [0.05, 0.1) is 6.61 Å². The molecule has 0 aromatic heterocycles. The standard InChI is InChI=1S/C23H46N2O/c1-6-7-8-9-10-11-12-13-14-15-16-17-18-19-20-26-23(24-21(2)3)25-22(4)5/h11-12,21-22H,6-10,13-20H2,1-5H3,(H,24,25)/b12-11-. The lowest BCUT2D eigenvalue weighted by Crippen LogP contribution is -2.33. The molecule has 0 spiro atoms. The van der Waals surface area contributed by atoms with Crippen LogP contribution in [0.3, 0.4) is 0 Å². The average molecular weight is 367 g/mol. The highest BCUT2D eigenvalue weighted by Crippen LogP contribution is 2.09. The van der Waals surface area contributed by atoms with Gasteiger partial charge in [0.15, 0.2) is 0 Å². The number of rotatable bonds is 16. The summed E-state index contributed by atoms with van der Waals surface area (Å²) in [6, 6.07) is 1.33. The van der Waals surface area contributed by atoms with Crippen LogP contribution in [0.4, 0.5) is 0 Å². The summed E-state index contributed by atoms with van der Waals surface area (Å²) in [6.07, 6.45) is 20.5. The van der Waals surface area contributed by atoms with E-state index in [9.17, 15) is 0 Å². The van der Waals surface area contributed by atoms with Crippen LogP contribution < -0.4 is 5.32 Å². The van der Waals surface area contributed by atoms with Crippen molar-refractivity contribution >= 4 is 6.02 Å². The molecular formula is C23H46N2O. The van der Waals surface area contributed by atoms with E-state index < -0.39 is 0 Å². The van der Waals surface area contributed by atoms with Gasteiger partial charge in [-0.3, -0.25) is 0 Å². The number of ether oxygens (including phenoxy) is 1. The number of allylic oxidation sites excluding steroid dienone is 2. The minimum absolute atomic E-state index is 0.265. The van der Waals surface area contributed by atoms with Gasteiger partial charge >= 0.3 is 0 Å². The van der Waals surface area contributed by atoms with E-state index in [0.717, 1.165) is 13.0 Å². The van der Waals surface area contributed by atoms with Gasteiger partial charge in [0.25, 0.3) is 6.02 Å². The molecule has 3 heteroatoms. The van der Waals surface area contributed by atoms with Gasteiger partial charge in [0.1, 0.15) is 0 Å². The monoisotopic (exact) mass is 366 g/mol. The van der Waals surface area contributed by atoms with Crippen LogP contribution >= 0.6 is 0 Å². The fourth-order valence-corrected chi connectivity index (χ4v) is 2.76. The molecule has 0 saturated heterocycles. The second-order valence-electron chi connectivity index (χ2n) is 7.91. The first kappa shape index (κ1) is 25.0. The summed E-state index contributed by atoms with van der Waals surface area (Å²) in [6.45, 7) is 11.4. The SMILES string of the molecule is CCCCCC/C=C\CCCCCCCCOC(=NC(C)C)NC(C)C. The molecular weight excluding hydrogens is 320 g/mol. The molecule has 0 unspecified atom stereocenters. The van der Waals surface area contributed by atoms with Gasteiger partial charge in [0, 0.05) is 12.1 Å². The lowest BCUT2D eigenvalue weighted by molar-refractivity contribution is 0.272. The van der Waals surface area contributed by atoms with Crippen molar-refractivity contribution in [3.63, 3.8) is 0 Å². The largest absolute Gasteiger partial charge is 0.465 e. The summed E-state index contributed by atoms with van der Waals surface area (Å²) in [5.74, 6) is 0. The Kier molecular flexibility index (Phi) is 18.1. The maximum absolute atomic E-state index is 5.80. The summed E-state index contributed by atoms with van der Waals surface area (Å²) >= 11 is 0. The molecule has 3 nitrogen and oxygen atoms in total. The highest BCUT2D eigenvalue weighted by molar-refractivity contribution is 5.73. The Morgan fingerprint density at radius 3 is 1.88 bits per heavy atom. The van der Waals surface area contributed by atoms with Crippen LogP contribution in [0.5, 0.6) is 0 Å². The molecule has 0 aliphatic heterocycles. The number of nitrogens with zero attached hydrogens (tertiary/aromatic N) is 1. The summed E-state index contributed by atoms with van der Waals surface area (Å²) in [4.78, 5) is 4.50. The Labute approximate surface area is 164 Å². The molecule has 26 heavy (non-hydrogen) atoms. The molecule has 154 valence electrons. The van der Waals surface area contributed by atoms with Crippen LogP contribution in [0.25, 0.3) is 0 Å². The van der Waals surface area contributed by atoms with E-state index in [0.29, 0.717) is 12.1 Å². The summed E-state index contributed by atoms with van der Waals surface area (Å²) in [5.41, 5.74) is 0. The summed E-state index contributed by atoms with van der Waals surface area (Å²) < 4.78 is 5.80. The molecule has 0 atom stereocenters. The van der Waals surface area contributed by atoms with Crippen molar-refractivity contribution in [1.29, 1.82) is 0 Å². The van der Waals surface area contributed by atoms with Crippen molar-refractivity contribution in [1.82, 2.24) is 5.32 Å². The van der Waals surface area contributed by atoms with Crippen LogP contribution in [0.15, 0.2) is 17.1 Å². The van der Waals surface area contributed by atoms with Gasteiger partial charge in [-0.15, -0.1) is 0 Å². The summed E-state index contributed by atoms with van der Waals surface area (Å²) in [5, 5.41) is 3.28. The predicted molar refractivity (Wildman–Crippen MR) is 117 cm³/mol. The van der Waals surface area contributed by atoms with Crippen molar-refractivity contribution in [2.75, 3.05) is 6.61 Å². The smallest absolute Gasteiger partial charge is 0.285 e. The Hall–Kier alpha value is -0.990. The number of amidine groups is 1. The van der Waals surface area contributed by atoms with Gasteiger partial charge in [-0.25, -0.2) is 4.99 Å². The zero-order chi connectivity index (χ0) is 19.5. The first-order chi connectivity index (χ1) is 12.6. The Morgan fingerprint density at radius 1 is 0.808 bits per heavy atom. The second-order valence-corrected chi connectivity index (χ2v) is 7.91. The van der Waals surface area contributed by atoms with E-state index in [1.807, 2.05) is 0 Å². The Morgan fingerprint density at radius 2 is 1.35 bits per heavy atom. The minimum atomic E-state index is 0.265. The highest BCUT2D eigenvalue weighted by Gasteiger charge is 2.03. The third-order valence-electron chi connectivity index (χ3n) is 4.18. The molecule has 0 radical (unpaired) electrons. The number of unbranched alkanes of at least 4 members (excludes halogenated alkanes) is 10. The van der Waals surface area contributed by atoms with Crippen molar-refractivity contribution in [3.8, 4) is 0 Å². The van der Waals surface area contributed by atoms with E-state index in [1.165, 1.54) is 70.6 Å². The van der Waals surface area contributed by atoms with Crippen molar-refractivity contribution in [2.24, 2.45) is 4.99 Å². The van der Waals surface area contributed by atoms with Crippen LogP contribution in [-0.4, -0.2) is 24.7 Å². The quantitative estimate of drug-likeness (QED) is 0.138. The molecule has 1 N–H and O–H groups in total. The van der Waals surface area contributed by atoms with Crippen LogP contribution in [0.1, 0.15) is 112 Å². The average Bonchev–Trinajstić information content (AvgIpc) is 2.57. The lowest BCUT2D eigenvalue weighted by Gasteiger charge is -2.15. The predicted octanol–water partition coefficient (Wildman–Crippen LogP) is 7.02. The van der Waals surface area contributed by atoms with E-state index in [4.69, 9.17) is 4.74 Å².